The van der Waals surface area contributed by atoms with Crippen molar-refractivity contribution in [1.29, 1.82) is 0 Å². The van der Waals surface area contributed by atoms with Crippen LogP contribution in [-0.4, -0.2) is 20.9 Å². The molecule has 3 heteroatoms. The van der Waals surface area contributed by atoms with Crippen LogP contribution in [0.2, 0.25) is 0 Å². The lowest BCUT2D eigenvalue weighted by atomic mass is 10.2. The van der Waals surface area contributed by atoms with Crippen molar-refractivity contribution in [2.24, 2.45) is 0 Å². The minimum atomic E-state index is -0.417. The zero-order chi connectivity index (χ0) is 6.62. The van der Waals surface area contributed by atoms with Crippen LogP contribution < -0.4 is 0 Å². The Bertz CT molecular complexity index is 59.9. The molecule has 50 valence electrons. The average molecular weight is 153 g/mol. The SMILES string of the molecule is CC(C)(C)O[SiH2]CCl. The summed E-state index contributed by atoms with van der Waals surface area (Å²) < 4.78 is 5.39. The Hall–Kier alpha value is 0.467. The zero-order valence-electron chi connectivity index (χ0n) is 5.70. The first-order valence-corrected chi connectivity index (χ1v) is 4.87. The van der Waals surface area contributed by atoms with Crippen molar-refractivity contribution in [2.75, 3.05) is 5.50 Å². The number of hydrogen-bond donors (Lipinski definition) is 0. The van der Waals surface area contributed by atoms with E-state index >= 15 is 0 Å². The summed E-state index contributed by atoms with van der Waals surface area (Å²) in [5, 5.41) is 0. The molecule has 0 aromatic carbocycles. The van der Waals surface area contributed by atoms with Gasteiger partial charge in [0.25, 0.3) is 0 Å². The van der Waals surface area contributed by atoms with Crippen LogP contribution in [0.4, 0.5) is 0 Å². The summed E-state index contributed by atoms with van der Waals surface area (Å²) in [7, 11) is -0.417. The van der Waals surface area contributed by atoms with E-state index in [0.717, 1.165) is 5.50 Å². The molecular weight excluding hydrogens is 140 g/mol. The molecular formula is C5H13ClOSi. The first kappa shape index (κ1) is 8.47. The van der Waals surface area contributed by atoms with Crippen molar-refractivity contribution in [2.45, 2.75) is 26.4 Å². The van der Waals surface area contributed by atoms with Crippen LogP contribution in [0.5, 0.6) is 0 Å². The van der Waals surface area contributed by atoms with Crippen molar-refractivity contribution in [3.05, 3.63) is 0 Å². The molecule has 0 bridgehead atoms. The number of rotatable bonds is 2. The fraction of sp³-hybridized carbons (Fsp3) is 1.00. The number of halogens is 1. The molecule has 0 aromatic heterocycles. The van der Waals surface area contributed by atoms with Crippen molar-refractivity contribution >= 4 is 21.4 Å². The predicted molar refractivity (Wildman–Crippen MR) is 40.1 cm³/mol. The fourth-order valence-electron chi connectivity index (χ4n) is 0.345. The van der Waals surface area contributed by atoms with Crippen LogP contribution in [0, 0.1) is 0 Å². The van der Waals surface area contributed by atoms with E-state index in [0.29, 0.717) is 0 Å². The number of hydrogen-bond acceptors (Lipinski definition) is 1. The minimum Gasteiger partial charge on any atom is -0.418 e. The quantitative estimate of drug-likeness (QED) is 0.425. The second-order valence-corrected chi connectivity index (χ2v) is 4.86. The Balaban J connectivity index is 3.11. The van der Waals surface area contributed by atoms with Crippen LogP contribution in [0.15, 0.2) is 0 Å². The Morgan fingerprint density at radius 2 is 2.00 bits per heavy atom. The molecule has 0 atom stereocenters. The van der Waals surface area contributed by atoms with Gasteiger partial charge in [-0.15, -0.1) is 11.6 Å². The second-order valence-electron chi connectivity index (χ2n) is 2.65. The van der Waals surface area contributed by atoms with Gasteiger partial charge in [-0.25, -0.2) is 0 Å². The molecule has 8 heavy (non-hydrogen) atoms. The Kier molecular flexibility index (Phi) is 3.69. The van der Waals surface area contributed by atoms with Crippen LogP contribution in [0.1, 0.15) is 20.8 Å². The minimum absolute atomic E-state index is 0.0289. The topological polar surface area (TPSA) is 9.23 Å². The number of alkyl halides is 1. The summed E-state index contributed by atoms with van der Waals surface area (Å²) in [5.41, 5.74) is 0.748. The van der Waals surface area contributed by atoms with E-state index in [4.69, 9.17) is 16.0 Å². The van der Waals surface area contributed by atoms with E-state index in [1.165, 1.54) is 0 Å². The fourth-order valence-corrected chi connectivity index (χ4v) is 1.27. The van der Waals surface area contributed by atoms with Crippen LogP contribution >= 0.6 is 11.6 Å². The average Bonchev–Trinajstić information content (AvgIpc) is 1.59. The molecule has 0 rings (SSSR count). The summed E-state index contributed by atoms with van der Waals surface area (Å²) >= 11 is 5.44. The molecule has 0 aromatic rings. The lowest BCUT2D eigenvalue weighted by molar-refractivity contribution is 0.139. The normalized spacial score (nSPS) is 13.5. The van der Waals surface area contributed by atoms with Gasteiger partial charge in [-0.05, 0) is 20.8 Å². The highest BCUT2D eigenvalue weighted by molar-refractivity contribution is 6.45. The van der Waals surface area contributed by atoms with E-state index in [-0.39, 0.29) is 5.60 Å². The first-order valence-electron chi connectivity index (χ1n) is 2.76. The molecule has 0 heterocycles. The maximum Gasteiger partial charge on any atom is 0.176 e. The lowest BCUT2D eigenvalue weighted by Crippen LogP contribution is -2.22. The highest BCUT2D eigenvalue weighted by atomic mass is 35.5. The summed E-state index contributed by atoms with van der Waals surface area (Å²) in [6.45, 7) is 6.14. The molecule has 0 aliphatic heterocycles. The second kappa shape index (κ2) is 3.48. The van der Waals surface area contributed by atoms with Gasteiger partial charge < -0.3 is 4.43 Å². The van der Waals surface area contributed by atoms with Crippen LogP contribution in [0.3, 0.4) is 0 Å². The molecule has 1 nitrogen and oxygen atoms in total. The third-order valence-electron chi connectivity index (χ3n) is 0.612. The molecule has 0 fully saturated rings. The van der Waals surface area contributed by atoms with Gasteiger partial charge in [-0.3, -0.25) is 0 Å². The Morgan fingerprint density at radius 1 is 1.50 bits per heavy atom. The van der Waals surface area contributed by atoms with Gasteiger partial charge in [-0.2, -0.15) is 0 Å². The Labute approximate surface area is 58.3 Å². The molecule has 0 aliphatic rings. The summed E-state index contributed by atoms with van der Waals surface area (Å²) in [6, 6.07) is 0. The van der Waals surface area contributed by atoms with Crippen molar-refractivity contribution < 1.29 is 4.43 Å². The zero-order valence-corrected chi connectivity index (χ0v) is 7.87. The standard InChI is InChI=1S/C5H13ClOSi/c1-5(2,3)7-8-4-6/h4,8H2,1-3H3. The molecule has 0 saturated carbocycles. The molecule has 0 N–H and O–H groups in total. The van der Waals surface area contributed by atoms with Gasteiger partial charge in [0.1, 0.15) is 0 Å². The van der Waals surface area contributed by atoms with E-state index in [2.05, 4.69) is 0 Å². The van der Waals surface area contributed by atoms with E-state index in [1.54, 1.807) is 0 Å². The van der Waals surface area contributed by atoms with Gasteiger partial charge >= 0.3 is 0 Å². The molecule has 0 radical (unpaired) electrons. The molecule has 0 amide bonds. The van der Waals surface area contributed by atoms with Gasteiger partial charge in [0.15, 0.2) is 9.76 Å². The first-order chi connectivity index (χ1) is 3.56. The van der Waals surface area contributed by atoms with Crippen molar-refractivity contribution in [3.63, 3.8) is 0 Å². The van der Waals surface area contributed by atoms with E-state index in [1.807, 2.05) is 20.8 Å². The predicted octanol–water partition coefficient (Wildman–Crippen LogP) is 1.08. The smallest absolute Gasteiger partial charge is 0.176 e. The van der Waals surface area contributed by atoms with Gasteiger partial charge in [-0.1, -0.05) is 0 Å². The monoisotopic (exact) mass is 152 g/mol. The third kappa shape index (κ3) is 6.47. The van der Waals surface area contributed by atoms with Crippen LogP contribution in [-0.2, 0) is 4.43 Å². The lowest BCUT2D eigenvalue weighted by Gasteiger charge is -2.18. The van der Waals surface area contributed by atoms with Gasteiger partial charge in [0, 0.05) is 11.1 Å². The van der Waals surface area contributed by atoms with Crippen molar-refractivity contribution in [1.82, 2.24) is 0 Å². The van der Waals surface area contributed by atoms with Gasteiger partial charge in [0.2, 0.25) is 0 Å². The third-order valence-corrected chi connectivity index (χ3v) is 2.30. The molecule has 0 saturated heterocycles. The summed E-state index contributed by atoms with van der Waals surface area (Å²) in [5.74, 6) is 0. The van der Waals surface area contributed by atoms with Crippen molar-refractivity contribution in [3.8, 4) is 0 Å². The molecule has 0 aliphatic carbocycles. The maximum absolute atomic E-state index is 5.44. The molecule has 0 unspecified atom stereocenters. The largest absolute Gasteiger partial charge is 0.418 e. The Morgan fingerprint density at radius 3 is 2.12 bits per heavy atom. The molecule has 0 spiro atoms. The summed E-state index contributed by atoms with van der Waals surface area (Å²) in [6.07, 6.45) is 0. The van der Waals surface area contributed by atoms with Crippen LogP contribution in [0.25, 0.3) is 0 Å². The van der Waals surface area contributed by atoms with E-state index in [9.17, 15) is 0 Å². The van der Waals surface area contributed by atoms with Gasteiger partial charge in [0.05, 0.1) is 0 Å². The maximum atomic E-state index is 5.44. The summed E-state index contributed by atoms with van der Waals surface area (Å²) in [4.78, 5) is 0. The van der Waals surface area contributed by atoms with E-state index < -0.39 is 9.76 Å². The highest BCUT2D eigenvalue weighted by Gasteiger charge is 2.07. The highest BCUT2D eigenvalue weighted by Crippen LogP contribution is 2.04.